The van der Waals surface area contributed by atoms with E-state index in [9.17, 15) is 4.79 Å². The van der Waals surface area contributed by atoms with Gasteiger partial charge in [0, 0.05) is 11.9 Å². The molecule has 1 aromatic rings. The van der Waals surface area contributed by atoms with E-state index < -0.39 is 0 Å². The number of pyridine rings is 1. The SMILES string of the molecule is CCCC(N)C(=O)Cc1ccccn1. The van der Waals surface area contributed by atoms with Crippen molar-refractivity contribution in [3.05, 3.63) is 30.1 Å². The van der Waals surface area contributed by atoms with E-state index in [-0.39, 0.29) is 11.8 Å². The lowest BCUT2D eigenvalue weighted by Gasteiger charge is -2.07. The van der Waals surface area contributed by atoms with Crippen molar-refractivity contribution < 1.29 is 4.79 Å². The maximum absolute atomic E-state index is 11.5. The number of carbonyl (C=O) groups excluding carboxylic acids is 1. The highest BCUT2D eigenvalue weighted by molar-refractivity contribution is 5.85. The van der Waals surface area contributed by atoms with Crippen LogP contribution in [0, 0.1) is 0 Å². The number of nitrogens with two attached hydrogens (primary N) is 1. The van der Waals surface area contributed by atoms with Crippen LogP contribution in [0.3, 0.4) is 0 Å². The summed E-state index contributed by atoms with van der Waals surface area (Å²) in [6.45, 7) is 2.02. The molecular formula is C11H16N2O. The van der Waals surface area contributed by atoms with Crippen LogP contribution in [0.15, 0.2) is 24.4 Å². The van der Waals surface area contributed by atoms with Crippen LogP contribution in [0.5, 0.6) is 0 Å². The van der Waals surface area contributed by atoms with Crippen molar-refractivity contribution in [3.63, 3.8) is 0 Å². The molecule has 0 aromatic carbocycles. The summed E-state index contributed by atoms with van der Waals surface area (Å²) in [7, 11) is 0. The zero-order valence-electron chi connectivity index (χ0n) is 8.44. The first-order valence-electron chi connectivity index (χ1n) is 4.92. The van der Waals surface area contributed by atoms with Crippen LogP contribution in [0.25, 0.3) is 0 Å². The Morgan fingerprint density at radius 3 is 2.93 bits per heavy atom. The zero-order valence-corrected chi connectivity index (χ0v) is 8.44. The molecule has 1 atom stereocenters. The van der Waals surface area contributed by atoms with Gasteiger partial charge in [-0.2, -0.15) is 0 Å². The Hall–Kier alpha value is -1.22. The Morgan fingerprint density at radius 2 is 2.36 bits per heavy atom. The predicted molar refractivity (Wildman–Crippen MR) is 55.8 cm³/mol. The van der Waals surface area contributed by atoms with Crippen LogP contribution in [-0.4, -0.2) is 16.8 Å². The predicted octanol–water partition coefficient (Wildman–Crippen LogP) is 1.32. The number of hydrogen-bond donors (Lipinski definition) is 1. The van der Waals surface area contributed by atoms with Crippen molar-refractivity contribution in [2.24, 2.45) is 5.73 Å². The second-order valence-corrected chi connectivity index (χ2v) is 3.36. The standard InChI is InChI=1S/C11H16N2O/c1-2-5-10(12)11(14)8-9-6-3-4-7-13-9/h3-4,6-7,10H,2,5,8,12H2,1H3. The van der Waals surface area contributed by atoms with Gasteiger partial charge in [-0.3, -0.25) is 9.78 Å². The zero-order chi connectivity index (χ0) is 10.4. The van der Waals surface area contributed by atoms with Crippen LogP contribution < -0.4 is 5.73 Å². The van der Waals surface area contributed by atoms with E-state index >= 15 is 0 Å². The van der Waals surface area contributed by atoms with Crippen molar-refractivity contribution in [2.75, 3.05) is 0 Å². The van der Waals surface area contributed by atoms with Crippen molar-refractivity contribution in [1.29, 1.82) is 0 Å². The highest BCUT2D eigenvalue weighted by Gasteiger charge is 2.12. The molecule has 76 valence electrons. The third-order valence-electron chi connectivity index (χ3n) is 2.09. The Bertz CT molecular complexity index is 285. The molecule has 0 aliphatic rings. The average Bonchev–Trinajstić information content (AvgIpc) is 2.19. The summed E-state index contributed by atoms with van der Waals surface area (Å²) in [5.41, 5.74) is 6.49. The first kappa shape index (κ1) is 10.9. The number of nitrogens with zero attached hydrogens (tertiary/aromatic N) is 1. The summed E-state index contributed by atoms with van der Waals surface area (Å²) in [4.78, 5) is 15.6. The van der Waals surface area contributed by atoms with Gasteiger partial charge in [-0.15, -0.1) is 0 Å². The number of carbonyl (C=O) groups is 1. The van der Waals surface area contributed by atoms with E-state index in [4.69, 9.17) is 5.73 Å². The summed E-state index contributed by atoms with van der Waals surface area (Å²) in [5, 5.41) is 0. The van der Waals surface area contributed by atoms with Gasteiger partial charge in [0.05, 0.1) is 12.5 Å². The maximum Gasteiger partial charge on any atom is 0.155 e. The van der Waals surface area contributed by atoms with E-state index in [1.54, 1.807) is 6.20 Å². The van der Waals surface area contributed by atoms with Crippen molar-refractivity contribution in [3.8, 4) is 0 Å². The Labute approximate surface area is 84.3 Å². The van der Waals surface area contributed by atoms with Gasteiger partial charge in [-0.25, -0.2) is 0 Å². The van der Waals surface area contributed by atoms with Crippen molar-refractivity contribution in [2.45, 2.75) is 32.2 Å². The van der Waals surface area contributed by atoms with E-state index in [0.29, 0.717) is 6.42 Å². The molecule has 1 heterocycles. The highest BCUT2D eigenvalue weighted by atomic mass is 16.1. The van der Waals surface area contributed by atoms with Crippen LogP contribution in [0.2, 0.25) is 0 Å². The minimum Gasteiger partial charge on any atom is -0.321 e. The van der Waals surface area contributed by atoms with Gasteiger partial charge in [0.2, 0.25) is 0 Å². The summed E-state index contributed by atoms with van der Waals surface area (Å²) in [6.07, 6.45) is 3.73. The number of hydrogen-bond acceptors (Lipinski definition) is 3. The second-order valence-electron chi connectivity index (χ2n) is 3.36. The maximum atomic E-state index is 11.5. The first-order valence-corrected chi connectivity index (χ1v) is 4.92. The average molecular weight is 192 g/mol. The van der Waals surface area contributed by atoms with E-state index in [1.165, 1.54) is 0 Å². The molecule has 1 aromatic heterocycles. The third kappa shape index (κ3) is 3.26. The molecule has 0 saturated carbocycles. The summed E-state index contributed by atoms with van der Waals surface area (Å²) in [6, 6.07) is 5.22. The normalized spacial score (nSPS) is 12.4. The molecule has 3 heteroatoms. The molecule has 3 nitrogen and oxygen atoms in total. The lowest BCUT2D eigenvalue weighted by Crippen LogP contribution is -2.31. The lowest BCUT2D eigenvalue weighted by molar-refractivity contribution is -0.119. The Kier molecular flexibility index (Phi) is 4.26. The number of rotatable bonds is 5. The number of aromatic nitrogens is 1. The van der Waals surface area contributed by atoms with E-state index in [0.717, 1.165) is 18.5 Å². The fourth-order valence-electron chi connectivity index (χ4n) is 1.28. The molecular weight excluding hydrogens is 176 g/mol. The summed E-state index contributed by atoms with van der Waals surface area (Å²) >= 11 is 0. The Morgan fingerprint density at radius 1 is 1.57 bits per heavy atom. The number of Topliss-reactive ketones (excluding diaryl/α,β-unsaturated/α-hetero) is 1. The quantitative estimate of drug-likeness (QED) is 0.765. The summed E-state index contributed by atoms with van der Waals surface area (Å²) in [5.74, 6) is 0.0746. The van der Waals surface area contributed by atoms with Crippen molar-refractivity contribution in [1.82, 2.24) is 4.98 Å². The minimum absolute atomic E-state index is 0.0746. The van der Waals surface area contributed by atoms with Gasteiger partial charge in [-0.05, 0) is 18.6 Å². The molecule has 14 heavy (non-hydrogen) atoms. The molecule has 0 spiro atoms. The summed E-state index contributed by atoms with van der Waals surface area (Å²) < 4.78 is 0. The van der Waals surface area contributed by atoms with Gasteiger partial charge < -0.3 is 5.73 Å². The molecule has 0 fully saturated rings. The molecule has 0 aliphatic heterocycles. The molecule has 1 unspecified atom stereocenters. The second kappa shape index (κ2) is 5.50. The van der Waals surface area contributed by atoms with Gasteiger partial charge in [0.25, 0.3) is 0 Å². The molecule has 0 amide bonds. The fraction of sp³-hybridized carbons (Fsp3) is 0.455. The largest absolute Gasteiger partial charge is 0.321 e. The highest BCUT2D eigenvalue weighted by Crippen LogP contribution is 2.01. The minimum atomic E-state index is -0.331. The molecule has 0 saturated heterocycles. The monoisotopic (exact) mass is 192 g/mol. The van der Waals surface area contributed by atoms with Crippen LogP contribution in [0.4, 0.5) is 0 Å². The van der Waals surface area contributed by atoms with Crippen LogP contribution in [-0.2, 0) is 11.2 Å². The molecule has 1 rings (SSSR count). The van der Waals surface area contributed by atoms with Gasteiger partial charge in [0.1, 0.15) is 0 Å². The Balaban J connectivity index is 2.49. The van der Waals surface area contributed by atoms with Crippen LogP contribution >= 0.6 is 0 Å². The van der Waals surface area contributed by atoms with Gasteiger partial charge in [0.15, 0.2) is 5.78 Å². The fourth-order valence-corrected chi connectivity index (χ4v) is 1.28. The topological polar surface area (TPSA) is 56.0 Å². The molecule has 0 bridgehead atoms. The van der Waals surface area contributed by atoms with Crippen molar-refractivity contribution >= 4 is 5.78 Å². The van der Waals surface area contributed by atoms with E-state index in [1.807, 2.05) is 25.1 Å². The third-order valence-corrected chi connectivity index (χ3v) is 2.09. The first-order chi connectivity index (χ1) is 6.74. The molecule has 2 N–H and O–H groups in total. The van der Waals surface area contributed by atoms with Crippen LogP contribution in [0.1, 0.15) is 25.5 Å². The number of ketones is 1. The molecule has 0 radical (unpaired) electrons. The van der Waals surface area contributed by atoms with Gasteiger partial charge >= 0.3 is 0 Å². The smallest absolute Gasteiger partial charge is 0.155 e. The van der Waals surface area contributed by atoms with Gasteiger partial charge in [-0.1, -0.05) is 19.4 Å². The van der Waals surface area contributed by atoms with E-state index in [2.05, 4.69) is 4.98 Å². The molecule has 0 aliphatic carbocycles. The lowest BCUT2D eigenvalue weighted by atomic mass is 10.0.